The largest absolute Gasteiger partial charge is 0.399 e. The molecule has 0 aliphatic heterocycles. The highest BCUT2D eigenvalue weighted by Crippen LogP contribution is 2.24. The molecule has 0 spiro atoms. The van der Waals surface area contributed by atoms with Gasteiger partial charge in [-0.15, -0.1) is 0 Å². The van der Waals surface area contributed by atoms with E-state index in [1.807, 2.05) is 0 Å². The van der Waals surface area contributed by atoms with E-state index in [4.69, 9.17) is 17.3 Å². The Morgan fingerprint density at radius 3 is 2.65 bits per heavy atom. The van der Waals surface area contributed by atoms with E-state index < -0.39 is 21.5 Å². The minimum atomic E-state index is -3.73. The monoisotopic (exact) mass is 276 g/mol. The minimum Gasteiger partial charge on any atom is -0.399 e. The van der Waals surface area contributed by atoms with Gasteiger partial charge in [-0.05, 0) is 25.1 Å². The number of carbonyl (C=O) groups excluding carboxylic acids is 1. The van der Waals surface area contributed by atoms with E-state index in [1.165, 1.54) is 18.2 Å². The first-order valence-electron chi connectivity index (χ1n) is 4.91. The maximum absolute atomic E-state index is 11.9. The summed E-state index contributed by atoms with van der Waals surface area (Å²) in [6.07, 6.45) is 0. The lowest BCUT2D eigenvalue weighted by atomic mass is 10.3. The van der Waals surface area contributed by atoms with Gasteiger partial charge in [0.2, 0.25) is 5.91 Å². The van der Waals surface area contributed by atoms with Crippen LogP contribution in [-0.2, 0) is 14.6 Å². The molecule has 17 heavy (non-hydrogen) atoms. The zero-order chi connectivity index (χ0) is 13.1. The third-order valence-corrected chi connectivity index (χ3v) is 4.08. The summed E-state index contributed by atoms with van der Waals surface area (Å²) in [6.45, 7) is 2.09. The molecule has 1 rings (SSSR count). The van der Waals surface area contributed by atoms with Crippen molar-refractivity contribution in [2.24, 2.45) is 0 Å². The quantitative estimate of drug-likeness (QED) is 0.797. The highest BCUT2D eigenvalue weighted by atomic mass is 35.5. The van der Waals surface area contributed by atoms with Crippen LogP contribution in [0.15, 0.2) is 23.1 Å². The van der Waals surface area contributed by atoms with Crippen LogP contribution in [0.5, 0.6) is 0 Å². The number of carbonyl (C=O) groups is 1. The van der Waals surface area contributed by atoms with Gasteiger partial charge in [0.15, 0.2) is 9.84 Å². The predicted octanol–water partition coefficient (Wildman–Crippen LogP) is 0.832. The summed E-state index contributed by atoms with van der Waals surface area (Å²) in [5.41, 5.74) is 5.83. The normalized spacial score (nSPS) is 11.2. The van der Waals surface area contributed by atoms with Crippen molar-refractivity contribution in [2.45, 2.75) is 11.8 Å². The Balaban J connectivity index is 3.01. The van der Waals surface area contributed by atoms with Crippen LogP contribution in [0.3, 0.4) is 0 Å². The fourth-order valence-electron chi connectivity index (χ4n) is 1.27. The van der Waals surface area contributed by atoms with E-state index in [2.05, 4.69) is 5.32 Å². The topological polar surface area (TPSA) is 89.3 Å². The van der Waals surface area contributed by atoms with Gasteiger partial charge in [-0.25, -0.2) is 8.42 Å². The van der Waals surface area contributed by atoms with E-state index in [1.54, 1.807) is 6.92 Å². The van der Waals surface area contributed by atoms with E-state index in [0.29, 0.717) is 12.2 Å². The Morgan fingerprint density at radius 2 is 2.12 bits per heavy atom. The molecule has 0 saturated carbocycles. The van der Waals surface area contributed by atoms with Crippen molar-refractivity contribution in [1.82, 2.24) is 5.32 Å². The first kappa shape index (κ1) is 13.8. The summed E-state index contributed by atoms with van der Waals surface area (Å²) in [7, 11) is -3.73. The van der Waals surface area contributed by atoms with E-state index in [0.717, 1.165) is 0 Å². The van der Waals surface area contributed by atoms with Crippen molar-refractivity contribution in [3.8, 4) is 0 Å². The fourth-order valence-corrected chi connectivity index (χ4v) is 3.04. The molecule has 5 nitrogen and oxygen atoms in total. The summed E-state index contributed by atoms with van der Waals surface area (Å²) < 4.78 is 23.7. The Morgan fingerprint density at radius 1 is 1.47 bits per heavy atom. The SMILES string of the molecule is CCNC(=O)CS(=O)(=O)c1ccc(N)cc1Cl. The molecule has 1 aromatic rings. The van der Waals surface area contributed by atoms with Gasteiger partial charge in [0.25, 0.3) is 0 Å². The minimum absolute atomic E-state index is 0.0225. The molecule has 0 aliphatic carbocycles. The average Bonchev–Trinajstić information content (AvgIpc) is 2.15. The van der Waals surface area contributed by atoms with Gasteiger partial charge in [0.05, 0.1) is 9.92 Å². The molecular weight excluding hydrogens is 264 g/mol. The lowest BCUT2D eigenvalue weighted by molar-refractivity contribution is -0.118. The summed E-state index contributed by atoms with van der Waals surface area (Å²) in [4.78, 5) is 11.2. The average molecular weight is 277 g/mol. The summed E-state index contributed by atoms with van der Waals surface area (Å²) >= 11 is 5.78. The summed E-state index contributed by atoms with van der Waals surface area (Å²) in [5, 5.41) is 2.44. The second-order valence-corrected chi connectivity index (χ2v) is 5.77. The maximum atomic E-state index is 11.9. The predicted molar refractivity (Wildman–Crippen MR) is 66.6 cm³/mol. The number of amides is 1. The van der Waals surface area contributed by atoms with Crippen molar-refractivity contribution in [3.63, 3.8) is 0 Å². The van der Waals surface area contributed by atoms with Crippen LogP contribution in [0.2, 0.25) is 5.02 Å². The molecule has 0 radical (unpaired) electrons. The summed E-state index contributed by atoms with van der Waals surface area (Å²) in [5.74, 6) is -1.18. The molecule has 94 valence electrons. The zero-order valence-electron chi connectivity index (χ0n) is 9.23. The van der Waals surface area contributed by atoms with Crippen LogP contribution in [0.4, 0.5) is 5.69 Å². The number of hydrogen-bond acceptors (Lipinski definition) is 4. The molecule has 0 saturated heterocycles. The van der Waals surface area contributed by atoms with Crippen LogP contribution in [-0.4, -0.2) is 26.6 Å². The molecule has 7 heteroatoms. The first-order valence-corrected chi connectivity index (χ1v) is 6.94. The third kappa shape index (κ3) is 3.61. The number of sulfone groups is 1. The second-order valence-electron chi connectivity index (χ2n) is 3.40. The Labute approximate surface area is 105 Å². The van der Waals surface area contributed by atoms with Gasteiger partial charge in [-0.3, -0.25) is 4.79 Å². The lowest BCUT2D eigenvalue weighted by Gasteiger charge is -2.07. The number of anilines is 1. The Hall–Kier alpha value is -1.27. The van der Waals surface area contributed by atoms with Gasteiger partial charge in [-0.1, -0.05) is 11.6 Å². The molecule has 1 amide bonds. The van der Waals surface area contributed by atoms with Crippen molar-refractivity contribution < 1.29 is 13.2 Å². The molecule has 1 aromatic carbocycles. The molecule has 0 aromatic heterocycles. The molecule has 0 bridgehead atoms. The van der Waals surface area contributed by atoms with E-state index in [9.17, 15) is 13.2 Å². The zero-order valence-corrected chi connectivity index (χ0v) is 10.8. The van der Waals surface area contributed by atoms with Crippen molar-refractivity contribution >= 4 is 33.0 Å². The maximum Gasteiger partial charge on any atom is 0.235 e. The first-order chi connectivity index (χ1) is 7.86. The fraction of sp³-hybridized carbons (Fsp3) is 0.300. The molecule has 0 heterocycles. The van der Waals surface area contributed by atoms with Gasteiger partial charge in [-0.2, -0.15) is 0 Å². The third-order valence-electron chi connectivity index (χ3n) is 1.99. The van der Waals surface area contributed by atoms with Crippen LogP contribution in [0.1, 0.15) is 6.92 Å². The van der Waals surface area contributed by atoms with Crippen LogP contribution < -0.4 is 11.1 Å². The number of halogens is 1. The van der Waals surface area contributed by atoms with E-state index in [-0.39, 0.29) is 9.92 Å². The van der Waals surface area contributed by atoms with Crippen molar-refractivity contribution in [2.75, 3.05) is 18.0 Å². The smallest absolute Gasteiger partial charge is 0.235 e. The number of hydrogen-bond donors (Lipinski definition) is 2. The van der Waals surface area contributed by atoms with Crippen LogP contribution in [0.25, 0.3) is 0 Å². The number of rotatable bonds is 4. The van der Waals surface area contributed by atoms with Crippen LogP contribution in [0, 0.1) is 0 Å². The summed E-state index contributed by atoms with van der Waals surface area (Å²) in [6, 6.07) is 4.06. The molecule has 0 fully saturated rings. The molecule has 0 aliphatic rings. The second kappa shape index (κ2) is 5.37. The Kier molecular flexibility index (Phi) is 4.36. The highest BCUT2D eigenvalue weighted by Gasteiger charge is 2.21. The van der Waals surface area contributed by atoms with Crippen molar-refractivity contribution in [1.29, 1.82) is 0 Å². The van der Waals surface area contributed by atoms with Gasteiger partial charge in [0.1, 0.15) is 5.75 Å². The molecule has 0 atom stereocenters. The molecule has 3 N–H and O–H groups in total. The lowest BCUT2D eigenvalue weighted by Crippen LogP contribution is -2.30. The number of nitrogen functional groups attached to an aromatic ring is 1. The number of nitrogens with two attached hydrogens (primary N) is 1. The van der Waals surface area contributed by atoms with Gasteiger partial charge in [0, 0.05) is 12.2 Å². The van der Waals surface area contributed by atoms with E-state index >= 15 is 0 Å². The Bertz CT molecular complexity index is 528. The van der Waals surface area contributed by atoms with Crippen LogP contribution >= 0.6 is 11.6 Å². The highest BCUT2D eigenvalue weighted by molar-refractivity contribution is 7.92. The number of benzene rings is 1. The molecule has 0 unspecified atom stereocenters. The van der Waals surface area contributed by atoms with Gasteiger partial charge < -0.3 is 11.1 Å². The standard InChI is InChI=1S/C10H13ClN2O3S/c1-2-13-10(14)6-17(15,16)9-4-3-7(12)5-8(9)11/h3-5H,2,6,12H2,1H3,(H,13,14). The molecular formula is C10H13ClN2O3S. The van der Waals surface area contributed by atoms with Crippen molar-refractivity contribution in [3.05, 3.63) is 23.2 Å². The number of nitrogens with one attached hydrogen (secondary N) is 1. The van der Waals surface area contributed by atoms with Gasteiger partial charge >= 0.3 is 0 Å².